The predicted octanol–water partition coefficient (Wildman–Crippen LogP) is 0.867. The van der Waals surface area contributed by atoms with E-state index in [1.54, 1.807) is 13.4 Å². The van der Waals surface area contributed by atoms with Crippen LogP contribution in [0.4, 0.5) is 6.01 Å². The monoisotopic (exact) mass is 213 g/mol. The first kappa shape index (κ1) is 12.0. The summed E-state index contributed by atoms with van der Waals surface area (Å²) in [4.78, 5) is 6.32. The molecule has 1 aromatic heterocycles. The van der Waals surface area contributed by atoms with Gasteiger partial charge >= 0.3 is 0 Å². The second-order valence-electron chi connectivity index (χ2n) is 3.42. The van der Waals surface area contributed by atoms with Crippen LogP contribution in [0.15, 0.2) is 10.7 Å². The van der Waals surface area contributed by atoms with Crippen molar-refractivity contribution in [2.75, 3.05) is 39.3 Å². The number of aromatic nitrogens is 1. The molecule has 0 saturated carbocycles. The summed E-state index contributed by atoms with van der Waals surface area (Å²) in [5, 5.41) is 3.03. The summed E-state index contributed by atoms with van der Waals surface area (Å²) in [6, 6.07) is 0.663. The zero-order valence-corrected chi connectivity index (χ0v) is 9.62. The molecule has 5 heteroatoms. The van der Waals surface area contributed by atoms with Crippen molar-refractivity contribution in [2.45, 2.75) is 13.0 Å². The highest BCUT2D eigenvalue weighted by Crippen LogP contribution is 2.11. The van der Waals surface area contributed by atoms with E-state index < -0.39 is 0 Å². The average molecular weight is 213 g/mol. The predicted molar refractivity (Wildman–Crippen MR) is 59.0 cm³/mol. The van der Waals surface area contributed by atoms with E-state index in [-0.39, 0.29) is 0 Å². The van der Waals surface area contributed by atoms with Crippen molar-refractivity contribution >= 4 is 6.01 Å². The number of ether oxygens (including phenoxy) is 1. The maximum absolute atomic E-state index is 5.34. The van der Waals surface area contributed by atoms with Crippen LogP contribution in [0.3, 0.4) is 0 Å². The van der Waals surface area contributed by atoms with Crippen LogP contribution < -0.4 is 10.2 Å². The fraction of sp³-hybridized carbons (Fsp3) is 0.700. The summed E-state index contributed by atoms with van der Waals surface area (Å²) in [5.41, 5.74) is 0.922. The lowest BCUT2D eigenvalue weighted by molar-refractivity contribution is 0.196. The van der Waals surface area contributed by atoms with Gasteiger partial charge in [-0.05, 0) is 13.5 Å². The molecule has 0 amide bonds. The van der Waals surface area contributed by atoms with E-state index in [1.165, 1.54) is 0 Å². The second kappa shape index (κ2) is 6.42. The Hall–Kier alpha value is -1.07. The normalized spacial score (nSPS) is 10.6. The standard InChI is InChI=1S/C10H19N3O2/c1-11-7-9-8-15-10(12-9)13(2)5-4-6-14-3/h8,11H,4-7H2,1-3H3. The van der Waals surface area contributed by atoms with E-state index in [2.05, 4.69) is 10.3 Å². The Morgan fingerprint density at radius 2 is 2.40 bits per heavy atom. The molecule has 0 aliphatic heterocycles. The van der Waals surface area contributed by atoms with Gasteiger partial charge in [-0.25, -0.2) is 0 Å². The fourth-order valence-electron chi connectivity index (χ4n) is 1.28. The third kappa shape index (κ3) is 3.89. The van der Waals surface area contributed by atoms with E-state index in [1.807, 2.05) is 19.0 Å². The summed E-state index contributed by atoms with van der Waals surface area (Å²) in [7, 11) is 5.55. The van der Waals surface area contributed by atoms with Crippen molar-refractivity contribution in [1.29, 1.82) is 0 Å². The molecule has 1 heterocycles. The summed E-state index contributed by atoms with van der Waals surface area (Å²) < 4.78 is 10.3. The molecule has 0 saturated heterocycles. The molecular formula is C10H19N3O2. The van der Waals surface area contributed by atoms with E-state index >= 15 is 0 Å². The van der Waals surface area contributed by atoms with Crippen LogP contribution in [0.25, 0.3) is 0 Å². The Morgan fingerprint density at radius 1 is 1.60 bits per heavy atom. The summed E-state index contributed by atoms with van der Waals surface area (Å²) in [6.45, 7) is 2.37. The molecule has 0 radical (unpaired) electrons. The van der Waals surface area contributed by atoms with Crippen molar-refractivity contribution in [3.63, 3.8) is 0 Å². The van der Waals surface area contributed by atoms with Crippen molar-refractivity contribution in [3.05, 3.63) is 12.0 Å². The molecule has 0 spiro atoms. The van der Waals surface area contributed by atoms with Gasteiger partial charge in [-0.15, -0.1) is 0 Å². The number of hydrogen-bond donors (Lipinski definition) is 1. The zero-order valence-electron chi connectivity index (χ0n) is 9.62. The molecule has 0 unspecified atom stereocenters. The summed E-state index contributed by atoms with van der Waals surface area (Å²) in [6.07, 6.45) is 2.65. The van der Waals surface area contributed by atoms with E-state index in [9.17, 15) is 0 Å². The number of anilines is 1. The number of rotatable bonds is 7. The lowest BCUT2D eigenvalue weighted by Crippen LogP contribution is -2.20. The smallest absolute Gasteiger partial charge is 0.297 e. The molecule has 5 nitrogen and oxygen atoms in total. The first-order chi connectivity index (χ1) is 7.27. The number of nitrogens with one attached hydrogen (secondary N) is 1. The third-order valence-electron chi connectivity index (χ3n) is 2.07. The van der Waals surface area contributed by atoms with Crippen LogP contribution in [0.5, 0.6) is 0 Å². The molecule has 86 valence electrons. The minimum atomic E-state index is 0.663. The summed E-state index contributed by atoms with van der Waals surface area (Å²) in [5.74, 6) is 0. The van der Waals surface area contributed by atoms with Gasteiger partial charge in [0.15, 0.2) is 0 Å². The van der Waals surface area contributed by atoms with Crippen molar-refractivity contribution < 1.29 is 9.15 Å². The van der Waals surface area contributed by atoms with Gasteiger partial charge in [0.2, 0.25) is 0 Å². The molecule has 1 rings (SSSR count). The highest BCUT2D eigenvalue weighted by molar-refractivity contribution is 5.24. The van der Waals surface area contributed by atoms with Gasteiger partial charge in [0.05, 0.1) is 5.69 Å². The number of methoxy groups -OCH3 is 1. The van der Waals surface area contributed by atoms with Crippen LogP contribution >= 0.6 is 0 Å². The maximum Gasteiger partial charge on any atom is 0.297 e. The Bertz CT molecular complexity index is 275. The molecule has 0 aromatic carbocycles. The highest BCUT2D eigenvalue weighted by Gasteiger charge is 2.07. The Morgan fingerprint density at radius 3 is 3.07 bits per heavy atom. The van der Waals surface area contributed by atoms with Crippen LogP contribution in [0.2, 0.25) is 0 Å². The molecule has 0 bridgehead atoms. The molecule has 1 N–H and O–H groups in total. The van der Waals surface area contributed by atoms with Crippen LogP contribution in [-0.2, 0) is 11.3 Å². The maximum atomic E-state index is 5.34. The van der Waals surface area contributed by atoms with Gasteiger partial charge in [0, 0.05) is 33.9 Å². The van der Waals surface area contributed by atoms with Crippen molar-refractivity contribution in [3.8, 4) is 0 Å². The van der Waals surface area contributed by atoms with E-state index in [4.69, 9.17) is 9.15 Å². The fourth-order valence-corrected chi connectivity index (χ4v) is 1.28. The Labute approximate surface area is 90.4 Å². The topological polar surface area (TPSA) is 50.5 Å². The van der Waals surface area contributed by atoms with Crippen molar-refractivity contribution in [2.24, 2.45) is 0 Å². The molecule has 1 aromatic rings. The minimum absolute atomic E-state index is 0.663. The van der Waals surface area contributed by atoms with Crippen molar-refractivity contribution in [1.82, 2.24) is 10.3 Å². The van der Waals surface area contributed by atoms with Gasteiger partial charge in [0.1, 0.15) is 6.26 Å². The first-order valence-electron chi connectivity index (χ1n) is 5.07. The van der Waals surface area contributed by atoms with Gasteiger partial charge in [0.25, 0.3) is 6.01 Å². The zero-order chi connectivity index (χ0) is 11.1. The van der Waals surface area contributed by atoms with Crippen LogP contribution in [0.1, 0.15) is 12.1 Å². The van der Waals surface area contributed by atoms with Crippen LogP contribution in [0, 0.1) is 0 Å². The first-order valence-corrected chi connectivity index (χ1v) is 5.07. The average Bonchev–Trinajstić information content (AvgIpc) is 2.67. The SMILES string of the molecule is CNCc1coc(N(C)CCCOC)n1. The molecule has 0 atom stereocenters. The quantitative estimate of drug-likeness (QED) is 0.681. The summed E-state index contributed by atoms with van der Waals surface area (Å²) >= 11 is 0. The van der Waals surface area contributed by atoms with E-state index in [0.717, 1.165) is 31.8 Å². The minimum Gasteiger partial charge on any atom is -0.432 e. The molecule has 0 fully saturated rings. The van der Waals surface area contributed by atoms with Crippen LogP contribution in [-0.4, -0.2) is 39.3 Å². The Kier molecular flexibility index (Phi) is 5.14. The highest BCUT2D eigenvalue weighted by atomic mass is 16.5. The molecule has 15 heavy (non-hydrogen) atoms. The lowest BCUT2D eigenvalue weighted by Gasteiger charge is -2.13. The number of nitrogens with zero attached hydrogens (tertiary/aromatic N) is 2. The molecule has 0 aliphatic rings. The molecular weight excluding hydrogens is 194 g/mol. The van der Waals surface area contributed by atoms with Gasteiger partial charge in [-0.2, -0.15) is 4.98 Å². The van der Waals surface area contributed by atoms with Gasteiger partial charge in [-0.1, -0.05) is 0 Å². The van der Waals surface area contributed by atoms with Gasteiger partial charge in [-0.3, -0.25) is 0 Å². The largest absolute Gasteiger partial charge is 0.432 e. The molecule has 0 aliphatic carbocycles. The van der Waals surface area contributed by atoms with Gasteiger partial charge < -0.3 is 19.4 Å². The number of hydrogen-bond acceptors (Lipinski definition) is 5. The lowest BCUT2D eigenvalue weighted by atomic mass is 10.4. The number of oxazole rings is 1. The second-order valence-corrected chi connectivity index (χ2v) is 3.42. The van der Waals surface area contributed by atoms with E-state index in [0.29, 0.717) is 6.01 Å². The third-order valence-corrected chi connectivity index (χ3v) is 2.07. The Balaban J connectivity index is 2.39.